The van der Waals surface area contributed by atoms with Crippen LogP contribution in [0.1, 0.15) is 33.6 Å². The highest BCUT2D eigenvalue weighted by molar-refractivity contribution is 6.74. The van der Waals surface area contributed by atoms with Crippen molar-refractivity contribution >= 4 is 20.3 Å². The van der Waals surface area contributed by atoms with Crippen LogP contribution in [0, 0.1) is 11.3 Å². The van der Waals surface area contributed by atoms with E-state index in [1.54, 1.807) is 0 Å². The Hall–Kier alpha value is -1.56. The molecule has 0 saturated heterocycles. The first-order valence-electron chi connectivity index (χ1n) is 8.13. The molecular weight excluding hydrogens is 324 g/mol. The predicted octanol–water partition coefficient (Wildman–Crippen LogP) is 3.82. The maximum absolute atomic E-state index is 11.9. The monoisotopic (exact) mass is 354 g/mol. The highest BCUT2D eigenvalue weighted by Crippen LogP contribution is 2.56. The minimum atomic E-state index is -1.90. The van der Waals surface area contributed by atoms with Gasteiger partial charge in [0.2, 0.25) is 8.32 Å². The molecule has 1 aliphatic carbocycles. The number of carbonyl (C=O) groups excluding carboxylic acids is 2. The molecule has 0 aromatic carbocycles. The van der Waals surface area contributed by atoms with Gasteiger partial charge in [-0.15, -0.1) is 0 Å². The second kappa shape index (κ2) is 7.13. The Morgan fingerprint density at radius 3 is 2.12 bits per heavy atom. The van der Waals surface area contributed by atoms with Gasteiger partial charge in [-0.2, -0.15) is 0 Å². The van der Waals surface area contributed by atoms with Crippen LogP contribution in [0.3, 0.4) is 0 Å². The van der Waals surface area contributed by atoms with E-state index in [0.717, 1.165) is 0 Å². The molecule has 0 radical (unpaired) electrons. The van der Waals surface area contributed by atoms with Crippen molar-refractivity contribution in [3.8, 4) is 0 Å². The Balaban J connectivity index is 2.64. The van der Waals surface area contributed by atoms with Crippen molar-refractivity contribution < 1.29 is 23.5 Å². The van der Waals surface area contributed by atoms with Crippen molar-refractivity contribution in [2.75, 3.05) is 14.2 Å². The molecule has 0 bridgehead atoms. The topological polar surface area (TPSA) is 61.8 Å². The maximum atomic E-state index is 11.9. The third kappa shape index (κ3) is 4.09. The number of carbonyl (C=O) groups is 2. The number of esters is 2. The fraction of sp³-hybridized carbons (Fsp3) is 0.667. The highest BCUT2D eigenvalue weighted by Gasteiger charge is 2.67. The van der Waals surface area contributed by atoms with Crippen LogP contribution < -0.4 is 0 Å². The molecule has 0 aliphatic heterocycles. The minimum Gasteiger partial charge on any atom is -0.544 e. The van der Waals surface area contributed by atoms with Gasteiger partial charge in [-0.3, -0.25) is 9.59 Å². The molecule has 1 rings (SSSR count). The quantitative estimate of drug-likeness (QED) is 0.229. The lowest BCUT2D eigenvalue weighted by Crippen LogP contribution is -2.40. The summed E-state index contributed by atoms with van der Waals surface area (Å²) in [4.78, 5) is 23.8. The summed E-state index contributed by atoms with van der Waals surface area (Å²) in [5.74, 6) is -0.536. The summed E-state index contributed by atoms with van der Waals surface area (Å²) in [6.45, 7) is 14.8. The summed E-state index contributed by atoms with van der Waals surface area (Å²) in [6, 6.07) is 0. The van der Waals surface area contributed by atoms with E-state index in [1.807, 2.05) is 12.2 Å². The van der Waals surface area contributed by atoms with E-state index in [-0.39, 0.29) is 11.0 Å². The zero-order chi connectivity index (χ0) is 18.8. The van der Waals surface area contributed by atoms with Crippen molar-refractivity contribution in [3.63, 3.8) is 0 Å². The van der Waals surface area contributed by atoms with E-state index in [2.05, 4.69) is 40.4 Å². The van der Waals surface area contributed by atoms with Crippen LogP contribution in [0.15, 0.2) is 24.5 Å². The Labute approximate surface area is 146 Å². The van der Waals surface area contributed by atoms with Gasteiger partial charge in [-0.25, -0.2) is 0 Å². The van der Waals surface area contributed by atoms with Crippen LogP contribution in [0.4, 0.5) is 0 Å². The van der Waals surface area contributed by atoms with Crippen LogP contribution >= 0.6 is 0 Å². The van der Waals surface area contributed by atoms with Crippen LogP contribution in [0.2, 0.25) is 18.1 Å². The van der Waals surface area contributed by atoms with E-state index >= 15 is 0 Å². The van der Waals surface area contributed by atoms with Crippen molar-refractivity contribution in [2.24, 2.45) is 11.3 Å². The molecule has 1 saturated carbocycles. The smallest absolute Gasteiger partial charge is 0.323 e. The van der Waals surface area contributed by atoms with Gasteiger partial charge >= 0.3 is 11.9 Å². The molecule has 0 aromatic rings. The molecule has 5 nitrogen and oxygen atoms in total. The molecule has 1 unspecified atom stereocenters. The van der Waals surface area contributed by atoms with Gasteiger partial charge in [0.05, 0.1) is 20.0 Å². The van der Waals surface area contributed by atoms with Gasteiger partial charge in [0.1, 0.15) is 0 Å². The average molecular weight is 355 g/mol. The Kier molecular flexibility index (Phi) is 6.08. The predicted molar refractivity (Wildman–Crippen MR) is 95.8 cm³/mol. The van der Waals surface area contributed by atoms with E-state index in [9.17, 15) is 9.59 Å². The molecular formula is C18H30O5Si. The molecule has 0 N–H and O–H groups in total. The molecule has 1 atom stereocenters. The van der Waals surface area contributed by atoms with Crippen molar-refractivity contribution in [1.29, 1.82) is 0 Å². The molecule has 136 valence electrons. The standard InChI is InChI=1S/C18H30O5Si/c1-13(23-24(7,8)17(2,3)4)10-9-11-14-12-18(14,15(19)21-5)16(20)22-6/h9-10,14H,1,11-12H2,2-8H3/b10-9+. The summed E-state index contributed by atoms with van der Waals surface area (Å²) >= 11 is 0. The fourth-order valence-corrected chi connectivity index (χ4v) is 3.47. The first-order valence-corrected chi connectivity index (χ1v) is 11.0. The van der Waals surface area contributed by atoms with Crippen LogP contribution in [0.5, 0.6) is 0 Å². The Morgan fingerprint density at radius 1 is 1.21 bits per heavy atom. The number of rotatable bonds is 7. The maximum Gasteiger partial charge on any atom is 0.323 e. The second-order valence-electron chi connectivity index (χ2n) is 7.82. The zero-order valence-corrected chi connectivity index (χ0v) is 16.9. The summed E-state index contributed by atoms with van der Waals surface area (Å²) in [5.41, 5.74) is -1.14. The Morgan fingerprint density at radius 2 is 1.71 bits per heavy atom. The number of allylic oxidation sites excluding steroid dienone is 2. The van der Waals surface area contributed by atoms with E-state index in [4.69, 9.17) is 13.9 Å². The van der Waals surface area contributed by atoms with E-state index in [0.29, 0.717) is 18.6 Å². The third-order valence-electron chi connectivity index (χ3n) is 5.12. The first-order chi connectivity index (χ1) is 10.9. The molecule has 1 aliphatic rings. The van der Waals surface area contributed by atoms with E-state index < -0.39 is 25.7 Å². The van der Waals surface area contributed by atoms with Gasteiger partial charge in [0.15, 0.2) is 5.41 Å². The van der Waals surface area contributed by atoms with Crippen molar-refractivity contribution in [1.82, 2.24) is 0 Å². The van der Waals surface area contributed by atoms with E-state index in [1.165, 1.54) is 14.2 Å². The first kappa shape index (κ1) is 20.5. The second-order valence-corrected chi connectivity index (χ2v) is 12.5. The lowest BCUT2D eigenvalue weighted by molar-refractivity contribution is -0.162. The average Bonchev–Trinajstić information content (AvgIpc) is 3.19. The largest absolute Gasteiger partial charge is 0.544 e. The molecule has 0 spiro atoms. The van der Waals surface area contributed by atoms with Crippen molar-refractivity contribution in [2.45, 2.75) is 51.7 Å². The normalized spacial score (nSPS) is 19.7. The molecule has 6 heteroatoms. The van der Waals surface area contributed by atoms with Gasteiger partial charge in [0.25, 0.3) is 0 Å². The van der Waals surface area contributed by atoms with Crippen molar-refractivity contribution in [3.05, 3.63) is 24.5 Å². The van der Waals surface area contributed by atoms with Gasteiger partial charge in [-0.1, -0.05) is 33.4 Å². The number of ether oxygens (including phenoxy) is 2. The fourth-order valence-electron chi connectivity index (χ4n) is 2.44. The number of hydrogen-bond donors (Lipinski definition) is 0. The number of hydrogen-bond acceptors (Lipinski definition) is 5. The SMILES string of the molecule is C=C(/C=C/CC1CC1(C(=O)OC)C(=O)OC)O[Si](C)(C)C(C)(C)C. The molecule has 1 fully saturated rings. The third-order valence-corrected chi connectivity index (χ3v) is 9.51. The highest BCUT2D eigenvalue weighted by atomic mass is 28.4. The van der Waals surface area contributed by atoms with Crippen LogP contribution in [0.25, 0.3) is 0 Å². The molecule has 0 amide bonds. The van der Waals surface area contributed by atoms with Crippen LogP contribution in [-0.4, -0.2) is 34.5 Å². The molecule has 24 heavy (non-hydrogen) atoms. The minimum absolute atomic E-state index is 0.102. The van der Waals surface area contributed by atoms with Gasteiger partial charge < -0.3 is 13.9 Å². The van der Waals surface area contributed by atoms with Crippen LogP contribution in [-0.2, 0) is 23.5 Å². The van der Waals surface area contributed by atoms with Gasteiger partial charge in [0, 0.05) is 0 Å². The lowest BCUT2D eigenvalue weighted by atomic mass is 10.0. The zero-order valence-electron chi connectivity index (χ0n) is 15.9. The summed E-state index contributed by atoms with van der Waals surface area (Å²) in [6.07, 6.45) is 4.74. The summed E-state index contributed by atoms with van der Waals surface area (Å²) in [7, 11) is 0.665. The molecule has 0 heterocycles. The Bertz CT molecular complexity index is 526. The summed E-state index contributed by atoms with van der Waals surface area (Å²) < 4.78 is 15.6. The lowest BCUT2D eigenvalue weighted by Gasteiger charge is -2.36. The summed E-state index contributed by atoms with van der Waals surface area (Å²) in [5, 5.41) is 0.102. The number of methoxy groups -OCH3 is 2. The van der Waals surface area contributed by atoms with Gasteiger partial charge in [-0.05, 0) is 43.0 Å². The molecule has 0 aromatic heterocycles.